The van der Waals surface area contributed by atoms with Gasteiger partial charge in [0.1, 0.15) is 5.69 Å². The lowest BCUT2D eigenvalue weighted by atomic mass is 10.1. The Labute approximate surface area is 114 Å². The van der Waals surface area contributed by atoms with Gasteiger partial charge in [-0.25, -0.2) is 0 Å². The van der Waals surface area contributed by atoms with Crippen molar-refractivity contribution in [2.45, 2.75) is 13.3 Å². The highest BCUT2D eigenvalue weighted by molar-refractivity contribution is 6.00. The van der Waals surface area contributed by atoms with Gasteiger partial charge in [-0.2, -0.15) is 0 Å². The number of nitro benzene ring substituents is 1. The third-order valence-corrected chi connectivity index (χ3v) is 2.86. The zero-order valence-electron chi connectivity index (χ0n) is 10.9. The first-order valence-corrected chi connectivity index (χ1v) is 6.07. The van der Waals surface area contributed by atoms with Crippen LogP contribution in [0.5, 0.6) is 0 Å². The molecule has 8 heteroatoms. The van der Waals surface area contributed by atoms with E-state index in [-0.39, 0.29) is 23.9 Å². The summed E-state index contributed by atoms with van der Waals surface area (Å²) in [4.78, 5) is 32.5. The van der Waals surface area contributed by atoms with Crippen molar-refractivity contribution in [2.75, 3.05) is 23.7 Å². The Balaban J connectivity index is 2.14. The van der Waals surface area contributed by atoms with Crippen molar-refractivity contribution >= 4 is 28.9 Å². The van der Waals surface area contributed by atoms with Gasteiger partial charge in [-0.3, -0.25) is 19.7 Å². The Morgan fingerprint density at radius 2 is 2.20 bits per heavy atom. The number of amides is 2. The minimum Gasteiger partial charge on any atom is -0.378 e. The first-order valence-electron chi connectivity index (χ1n) is 6.07. The number of rotatable bonds is 5. The van der Waals surface area contributed by atoms with Gasteiger partial charge in [-0.15, -0.1) is 0 Å². The van der Waals surface area contributed by atoms with Crippen LogP contribution >= 0.6 is 0 Å². The molecular weight excluding hydrogens is 264 g/mol. The van der Waals surface area contributed by atoms with Crippen LogP contribution in [0, 0.1) is 10.1 Å². The summed E-state index contributed by atoms with van der Waals surface area (Å²) in [6.07, 6.45) is 0.155. The lowest BCUT2D eigenvalue weighted by Crippen LogP contribution is -2.26. The van der Waals surface area contributed by atoms with E-state index in [0.717, 1.165) is 0 Å². The van der Waals surface area contributed by atoms with E-state index in [1.54, 1.807) is 6.07 Å². The minimum absolute atomic E-state index is 0.0805. The van der Waals surface area contributed by atoms with E-state index < -0.39 is 4.92 Å². The molecule has 106 valence electrons. The van der Waals surface area contributed by atoms with Crippen LogP contribution in [0.15, 0.2) is 12.1 Å². The van der Waals surface area contributed by atoms with E-state index in [9.17, 15) is 19.7 Å². The van der Waals surface area contributed by atoms with Crippen LogP contribution in [0.25, 0.3) is 0 Å². The van der Waals surface area contributed by atoms with Crippen molar-refractivity contribution in [3.63, 3.8) is 0 Å². The number of nitro groups is 1. The molecular formula is C12H14N4O4. The molecule has 1 aromatic rings. The van der Waals surface area contributed by atoms with Crippen molar-refractivity contribution in [2.24, 2.45) is 0 Å². The predicted octanol–water partition coefficient (Wildman–Crippen LogP) is 0.637. The zero-order chi connectivity index (χ0) is 14.7. The summed E-state index contributed by atoms with van der Waals surface area (Å²) in [5.41, 5.74) is 1.45. The quantitative estimate of drug-likeness (QED) is 0.415. The maximum absolute atomic E-state index is 11.3. The maximum atomic E-state index is 11.3. The molecule has 1 aromatic carbocycles. The molecule has 2 amide bonds. The van der Waals surface area contributed by atoms with Gasteiger partial charge < -0.3 is 16.0 Å². The van der Waals surface area contributed by atoms with Crippen molar-refractivity contribution in [3.8, 4) is 0 Å². The molecule has 0 saturated heterocycles. The van der Waals surface area contributed by atoms with Gasteiger partial charge in [0.15, 0.2) is 0 Å². The fourth-order valence-electron chi connectivity index (χ4n) is 1.99. The third kappa shape index (κ3) is 3.02. The van der Waals surface area contributed by atoms with E-state index in [1.165, 1.54) is 13.0 Å². The smallest absolute Gasteiger partial charge is 0.292 e. The van der Waals surface area contributed by atoms with Gasteiger partial charge >= 0.3 is 0 Å². The highest BCUT2D eigenvalue weighted by Gasteiger charge is 2.24. The van der Waals surface area contributed by atoms with Crippen LogP contribution < -0.4 is 16.0 Å². The first kappa shape index (κ1) is 13.8. The van der Waals surface area contributed by atoms with Crippen LogP contribution in [0.4, 0.5) is 17.1 Å². The summed E-state index contributed by atoms with van der Waals surface area (Å²) in [7, 11) is 0. The molecule has 2 rings (SSSR count). The number of fused-ring (bicyclic) bond motifs is 1. The number of hydrogen-bond donors (Lipinski definition) is 3. The number of carbonyl (C=O) groups is 2. The molecule has 0 saturated carbocycles. The second-order valence-corrected chi connectivity index (χ2v) is 4.42. The highest BCUT2D eigenvalue weighted by Crippen LogP contribution is 2.34. The molecule has 1 aliphatic heterocycles. The van der Waals surface area contributed by atoms with Crippen molar-refractivity contribution in [3.05, 3.63) is 27.8 Å². The molecule has 0 fully saturated rings. The molecule has 3 N–H and O–H groups in total. The van der Waals surface area contributed by atoms with E-state index in [2.05, 4.69) is 16.0 Å². The largest absolute Gasteiger partial charge is 0.378 e. The van der Waals surface area contributed by atoms with E-state index >= 15 is 0 Å². The SMILES string of the molecule is CC(=O)NCCNc1cc2c(cc1[N+](=O)[O-])CC(=O)N2. The second-order valence-electron chi connectivity index (χ2n) is 4.42. The standard InChI is InChI=1S/C12H14N4O4/c1-7(17)13-2-3-14-10-6-9-8(5-12(18)15-9)4-11(10)16(19)20/h4,6,14H,2-3,5H2,1H3,(H,13,17)(H,15,18). The third-order valence-electron chi connectivity index (χ3n) is 2.86. The number of nitrogens with zero attached hydrogens (tertiary/aromatic N) is 1. The molecule has 8 nitrogen and oxygen atoms in total. The molecule has 0 aliphatic carbocycles. The number of anilines is 2. The summed E-state index contributed by atoms with van der Waals surface area (Å²) >= 11 is 0. The molecule has 1 heterocycles. The summed E-state index contributed by atoms with van der Waals surface area (Å²) < 4.78 is 0. The molecule has 1 aliphatic rings. The highest BCUT2D eigenvalue weighted by atomic mass is 16.6. The molecule has 0 radical (unpaired) electrons. The number of nitrogens with one attached hydrogen (secondary N) is 3. The van der Waals surface area contributed by atoms with Crippen LogP contribution in [0.1, 0.15) is 12.5 Å². The zero-order valence-corrected chi connectivity index (χ0v) is 10.9. The van der Waals surface area contributed by atoms with Crippen molar-refractivity contribution in [1.29, 1.82) is 0 Å². The van der Waals surface area contributed by atoms with E-state index in [4.69, 9.17) is 0 Å². The lowest BCUT2D eigenvalue weighted by Gasteiger charge is -2.09. The van der Waals surface area contributed by atoms with Crippen LogP contribution in [0.2, 0.25) is 0 Å². The average Bonchev–Trinajstić information content (AvgIpc) is 2.72. The lowest BCUT2D eigenvalue weighted by molar-refractivity contribution is -0.384. The topological polar surface area (TPSA) is 113 Å². The molecule has 0 atom stereocenters. The van der Waals surface area contributed by atoms with Crippen molar-refractivity contribution in [1.82, 2.24) is 5.32 Å². The number of benzene rings is 1. The van der Waals surface area contributed by atoms with Gasteiger partial charge in [0.05, 0.1) is 11.3 Å². The number of carbonyl (C=O) groups excluding carboxylic acids is 2. The normalized spacial score (nSPS) is 12.6. The van der Waals surface area contributed by atoms with Gasteiger partial charge in [-0.1, -0.05) is 0 Å². The fraction of sp³-hybridized carbons (Fsp3) is 0.333. The van der Waals surface area contributed by atoms with Gasteiger partial charge in [0.25, 0.3) is 5.69 Å². The van der Waals surface area contributed by atoms with Crippen LogP contribution in [-0.2, 0) is 16.0 Å². The van der Waals surface area contributed by atoms with Gasteiger partial charge in [-0.05, 0) is 11.6 Å². The first-order chi connectivity index (χ1) is 9.47. The summed E-state index contributed by atoms with van der Waals surface area (Å²) in [6.45, 7) is 2.11. The van der Waals surface area contributed by atoms with Gasteiger partial charge in [0, 0.05) is 31.8 Å². The monoisotopic (exact) mass is 278 g/mol. The Hall–Kier alpha value is -2.64. The van der Waals surface area contributed by atoms with Crippen LogP contribution in [0.3, 0.4) is 0 Å². The molecule has 0 spiro atoms. The Morgan fingerprint density at radius 3 is 2.85 bits per heavy atom. The average molecular weight is 278 g/mol. The summed E-state index contributed by atoms with van der Waals surface area (Å²) in [6, 6.07) is 2.94. The van der Waals surface area contributed by atoms with E-state index in [1.807, 2.05) is 0 Å². The Bertz CT molecular complexity index is 585. The molecule has 0 aromatic heterocycles. The van der Waals surface area contributed by atoms with Gasteiger partial charge in [0.2, 0.25) is 11.8 Å². The van der Waals surface area contributed by atoms with Crippen LogP contribution in [-0.4, -0.2) is 29.8 Å². The maximum Gasteiger partial charge on any atom is 0.292 e. The molecule has 0 bridgehead atoms. The molecule has 20 heavy (non-hydrogen) atoms. The minimum atomic E-state index is -0.496. The van der Waals surface area contributed by atoms with Crippen molar-refractivity contribution < 1.29 is 14.5 Å². The fourth-order valence-corrected chi connectivity index (χ4v) is 1.99. The predicted molar refractivity (Wildman–Crippen MR) is 72.6 cm³/mol. The summed E-state index contributed by atoms with van der Waals surface area (Å²) in [5.74, 6) is -0.341. The Kier molecular flexibility index (Phi) is 3.83. The number of hydrogen-bond acceptors (Lipinski definition) is 5. The van der Waals surface area contributed by atoms with E-state index in [0.29, 0.717) is 30.0 Å². The summed E-state index contributed by atoms with van der Waals surface area (Å²) in [5, 5.41) is 19.1. The Morgan fingerprint density at radius 1 is 1.45 bits per heavy atom. The second kappa shape index (κ2) is 5.55. The molecule has 0 unspecified atom stereocenters.